The molecule has 10 rings (SSSR count). The van der Waals surface area contributed by atoms with Gasteiger partial charge in [0.25, 0.3) is 0 Å². The van der Waals surface area contributed by atoms with Crippen molar-refractivity contribution in [1.29, 1.82) is 0 Å². The third kappa shape index (κ3) is 5.46. The van der Waals surface area contributed by atoms with E-state index in [1.165, 1.54) is 38.6 Å². The first-order chi connectivity index (χ1) is 26.3. The van der Waals surface area contributed by atoms with Crippen LogP contribution in [0, 0.1) is 5.92 Å². The number of aromatic nitrogens is 3. The third-order valence-electron chi connectivity index (χ3n) is 10.7. The van der Waals surface area contributed by atoms with Gasteiger partial charge in [0.2, 0.25) is 0 Å². The Morgan fingerprint density at radius 3 is 1.75 bits per heavy atom. The lowest BCUT2D eigenvalue weighted by Crippen LogP contribution is -2.18. The van der Waals surface area contributed by atoms with E-state index in [1.807, 2.05) is 6.07 Å². The van der Waals surface area contributed by atoms with E-state index in [4.69, 9.17) is 9.97 Å². The minimum Gasteiger partial charge on any atom is -0.309 e. The monoisotopic (exact) mass is 677 g/mol. The van der Waals surface area contributed by atoms with Crippen LogP contribution >= 0.6 is 0 Å². The van der Waals surface area contributed by atoms with Gasteiger partial charge >= 0.3 is 0 Å². The fourth-order valence-electron chi connectivity index (χ4n) is 8.14. The Morgan fingerprint density at radius 1 is 0.434 bits per heavy atom. The Kier molecular flexibility index (Phi) is 7.62. The van der Waals surface area contributed by atoms with Crippen LogP contribution in [-0.4, -0.2) is 14.5 Å². The van der Waals surface area contributed by atoms with E-state index >= 15 is 0 Å². The maximum absolute atomic E-state index is 5.23. The molecule has 0 saturated heterocycles. The van der Waals surface area contributed by atoms with Crippen LogP contribution in [0.1, 0.15) is 11.5 Å². The smallest absolute Gasteiger partial charge is 0.160 e. The molecule has 0 amide bonds. The zero-order valence-corrected chi connectivity index (χ0v) is 29.0. The summed E-state index contributed by atoms with van der Waals surface area (Å²) in [6.45, 7) is 0. The van der Waals surface area contributed by atoms with Crippen molar-refractivity contribution in [2.24, 2.45) is 5.92 Å². The summed E-state index contributed by atoms with van der Waals surface area (Å²) in [7, 11) is 0. The zero-order chi connectivity index (χ0) is 35.1. The Balaban J connectivity index is 1.04. The van der Waals surface area contributed by atoms with E-state index in [-0.39, 0.29) is 11.8 Å². The number of nitrogens with zero attached hydrogens (tertiary/aromatic N) is 3. The van der Waals surface area contributed by atoms with Crippen LogP contribution < -0.4 is 0 Å². The molecule has 53 heavy (non-hydrogen) atoms. The molecule has 2 aliphatic rings. The van der Waals surface area contributed by atoms with Gasteiger partial charge in [0.05, 0.1) is 22.4 Å². The third-order valence-corrected chi connectivity index (χ3v) is 10.7. The quantitative estimate of drug-likeness (QED) is 0.175. The molecule has 2 aliphatic carbocycles. The zero-order valence-electron chi connectivity index (χ0n) is 29.0. The normalized spacial score (nSPS) is 16.4. The van der Waals surface area contributed by atoms with Crippen LogP contribution in [0.15, 0.2) is 206 Å². The second-order valence-corrected chi connectivity index (χ2v) is 13.7. The van der Waals surface area contributed by atoms with Crippen molar-refractivity contribution in [2.45, 2.75) is 5.92 Å². The molecule has 8 aromatic rings. The molecule has 0 fully saturated rings. The van der Waals surface area contributed by atoms with Crippen molar-refractivity contribution in [3.8, 4) is 45.0 Å². The molecule has 3 heteroatoms. The molecular weight excluding hydrogens is 643 g/mol. The summed E-state index contributed by atoms with van der Waals surface area (Å²) in [5.74, 6) is 1.12. The highest BCUT2D eigenvalue weighted by atomic mass is 15.0. The van der Waals surface area contributed by atoms with Gasteiger partial charge in [0, 0.05) is 45.0 Å². The molecule has 250 valence electrons. The minimum atomic E-state index is 0.196. The summed E-state index contributed by atoms with van der Waals surface area (Å²) in [4.78, 5) is 10.4. The van der Waals surface area contributed by atoms with Crippen LogP contribution in [0.3, 0.4) is 0 Å². The Morgan fingerprint density at radius 2 is 1.04 bits per heavy atom. The number of fused-ring (bicyclic) bond motifs is 4. The molecule has 0 N–H and O–H groups in total. The number of hydrogen-bond donors (Lipinski definition) is 0. The van der Waals surface area contributed by atoms with Crippen LogP contribution in [0.5, 0.6) is 0 Å². The van der Waals surface area contributed by atoms with Gasteiger partial charge in [-0.1, -0.05) is 176 Å². The van der Waals surface area contributed by atoms with Gasteiger partial charge in [-0.05, 0) is 46.5 Å². The SMILES string of the molecule is C1=CC2=C(n3c4ccccc4c4ccccc43)C=CC(c3ccc(-c4nc(-c5ccccc5)cc(-c5ccccc5-c5ccccc5)n4)cc3)C2C=C1. The molecule has 2 unspecified atom stereocenters. The first-order valence-electron chi connectivity index (χ1n) is 18.3. The molecule has 2 atom stereocenters. The highest BCUT2D eigenvalue weighted by Gasteiger charge is 2.29. The molecule has 0 spiro atoms. The summed E-state index contributed by atoms with van der Waals surface area (Å²) in [5.41, 5.74) is 13.5. The van der Waals surface area contributed by atoms with Crippen LogP contribution in [0.4, 0.5) is 0 Å². The van der Waals surface area contributed by atoms with Crippen LogP contribution in [-0.2, 0) is 0 Å². The summed E-state index contributed by atoms with van der Waals surface area (Å²) in [6.07, 6.45) is 13.7. The highest BCUT2D eigenvalue weighted by Crippen LogP contribution is 2.44. The number of hydrogen-bond acceptors (Lipinski definition) is 2. The average Bonchev–Trinajstić information content (AvgIpc) is 3.58. The van der Waals surface area contributed by atoms with Crippen molar-refractivity contribution in [3.05, 3.63) is 211 Å². The van der Waals surface area contributed by atoms with Gasteiger partial charge in [-0.15, -0.1) is 0 Å². The van der Waals surface area contributed by atoms with E-state index in [0.29, 0.717) is 5.82 Å². The fraction of sp³-hybridized carbons (Fsp3) is 0.0400. The number of benzene rings is 6. The Bertz CT molecular complexity index is 2710. The summed E-state index contributed by atoms with van der Waals surface area (Å²) >= 11 is 0. The van der Waals surface area contributed by atoms with Crippen molar-refractivity contribution in [1.82, 2.24) is 14.5 Å². The summed E-state index contributed by atoms with van der Waals surface area (Å²) in [6, 6.07) is 57.9. The molecule has 6 aromatic carbocycles. The van der Waals surface area contributed by atoms with E-state index in [1.54, 1.807) is 0 Å². The second kappa shape index (κ2) is 13.0. The largest absolute Gasteiger partial charge is 0.309 e. The maximum atomic E-state index is 5.23. The fourth-order valence-corrected chi connectivity index (χ4v) is 8.14. The molecule has 2 heterocycles. The van der Waals surface area contributed by atoms with E-state index in [0.717, 1.165) is 39.2 Å². The van der Waals surface area contributed by atoms with Crippen LogP contribution in [0.2, 0.25) is 0 Å². The number of allylic oxidation sites excluding steroid dienone is 8. The van der Waals surface area contributed by atoms with E-state index in [2.05, 4.69) is 199 Å². The van der Waals surface area contributed by atoms with Crippen molar-refractivity contribution >= 4 is 27.5 Å². The summed E-state index contributed by atoms with van der Waals surface area (Å²) < 4.78 is 2.44. The van der Waals surface area contributed by atoms with E-state index in [9.17, 15) is 0 Å². The lowest BCUT2D eigenvalue weighted by molar-refractivity contribution is 0.669. The Labute approximate surface area is 309 Å². The maximum Gasteiger partial charge on any atom is 0.160 e. The minimum absolute atomic E-state index is 0.196. The van der Waals surface area contributed by atoms with Gasteiger partial charge in [0.15, 0.2) is 5.82 Å². The Hall–Kier alpha value is -6.84. The molecule has 0 saturated carbocycles. The van der Waals surface area contributed by atoms with Gasteiger partial charge in [0.1, 0.15) is 0 Å². The second-order valence-electron chi connectivity index (χ2n) is 13.7. The first kappa shape index (κ1) is 30.9. The van der Waals surface area contributed by atoms with E-state index < -0.39 is 0 Å². The van der Waals surface area contributed by atoms with Gasteiger partial charge in [-0.3, -0.25) is 0 Å². The molecule has 3 nitrogen and oxygen atoms in total. The molecule has 0 aliphatic heterocycles. The first-order valence-corrected chi connectivity index (χ1v) is 18.3. The molecule has 2 aromatic heterocycles. The van der Waals surface area contributed by atoms with Gasteiger partial charge in [-0.2, -0.15) is 0 Å². The van der Waals surface area contributed by atoms with Crippen molar-refractivity contribution < 1.29 is 0 Å². The highest BCUT2D eigenvalue weighted by molar-refractivity contribution is 6.10. The molecular formula is C50H35N3. The molecule has 0 bridgehead atoms. The summed E-state index contributed by atoms with van der Waals surface area (Å²) in [5, 5.41) is 2.55. The number of rotatable bonds is 6. The standard InChI is InChI=1S/C50H35N3/c1-3-15-34(16-4-1)38-19-7-9-21-41(38)46-33-45(36-17-5-2-6-18-36)51-50(52-46)37-29-27-35(28-30-37)39-31-32-49(42-22-10-8-20-40(39)42)53-47-25-13-11-23-43(47)44-24-12-14-26-48(44)53/h1-33,39-40H. The number of para-hydroxylation sites is 2. The average molecular weight is 678 g/mol. The van der Waals surface area contributed by atoms with Gasteiger partial charge < -0.3 is 4.57 Å². The lowest BCUT2D eigenvalue weighted by Gasteiger charge is -2.31. The molecule has 0 radical (unpaired) electrons. The lowest BCUT2D eigenvalue weighted by atomic mass is 9.75. The predicted octanol–water partition coefficient (Wildman–Crippen LogP) is 12.6. The van der Waals surface area contributed by atoms with Crippen molar-refractivity contribution in [3.63, 3.8) is 0 Å². The predicted molar refractivity (Wildman–Crippen MR) is 220 cm³/mol. The van der Waals surface area contributed by atoms with Crippen LogP contribution in [0.25, 0.3) is 72.5 Å². The van der Waals surface area contributed by atoms with Gasteiger partial charge in [-0.25, -0.2) is 9.97 Å². The topological polar surface area (TPSA) is 30.7 Å². The van der Waals surface area contributed by atoms with Crippen molar-refractivity contribution in [2.75, 3.05) is 0 Å².